The molecule has 2 rings (SSSR count). The van der Waals surface area contributed by atoms with E-state index in [1.165, 1.54) is 5.56 Å². The normalized spacial score (nSPS) is 10.8. The SMILES string of the molecule is CN(CCNc1cccc(Br)c1)CCc1ccccc1. The molecular formula is C17H21BrN2. The Morgan fingerprint density at radius 1 is 1.00 bits per heavy atom. The Morgan fingerprint density at radius 2 is 1.80 bits per heavy atom. The summed E-state index contributed by atoms with van der Waals surface area (Å²) in [5, 5.41) is 3.44. The summed E-state index contributed by atoms with van der Waals surface area (Å²) in [5.74, 6) is 0. The summed E-state index contributed by atoms with van der Waals surface area (Å²) in [5.41, 5.74) is 2.56. The van der Waals surface area contributed by atoms with Gasteiger partial charge in [-0.2, -0.15) is 0 Å². The molecule has 0 bridgehead atoms. The molecule has 2 aromatic rings. The van der Waals surface area contributed by atoms with Crippen LogP contribution < -0.4 is 5.32 Å². The number of hydrogen-bond acceptors (Lipinski definition) is 2. The molecule has 106 valence electrons. The number of benzene rings is 2. The van der Waals surface area contributed by atoms with Crippen molar-refractivity contribution in [3.8, 4) is 0 Å². The summed E-state index contributed by atoms with van der Waals surface area (Å²) in [6, 6.07) is 18.9. The smallest absolute Gasteiger partial charge is 0.0351 e. The van der Waals surface area contributed by atoms with Gasteiger partial charge in [0.25, 0.3) is 0 Å². The number of likely N-dealkylation sites (N-methyl/N-ethyl adjacent to an activating group) is 1. The van der Waals surface area contributed by atoms with Crippen molar-refractivity contribution >= 4 is 21.6 Å². The highest BCUT2D eigenvalue weighted by Gasteiger charge is 1.99. The minimum Gasteiger partial charge on any atom is -0.384 e. The Balaban J connectivity index is 1.66. The van der Waals surface area contributed by atoms with E-state index >= 15 is 0 Å². The van der Waals surface area contributed by atoms with E-state index in [1.807, 2.05) is 12.1 Å². The van der Waals surface area contributed by atoms with Gasteiger partial charge in [-0.25, -0.2) is 0 Å². The molecule has 0 saturated carbocycles. The first-order valence-electron chi connectivity index (χ1n) is 6.96. The molecule has 0 heterocycles. The van der Waals surface area contributed by atoms with Crippen LogP contribution in [-0.2, 0) is 6.42 Å². The lowest BCUT2D eigenvalue weighted by Gasteiger charge is -2.17. The van der Waals surface area contributed by atoms with E-state index in [2.05, 4.69) is 75.7 Å². The van der Waals surface area contributed by atoms with Gasteiger partial charge in [-0.1, -0.05) is 52.3 Å². The Morgan fingerprint density at radius 3 is 2.55 bits per heavy atom. The molecule has 0 unspecified atom stereocenters. The van der Waals surface area contributed by atoms with Crippen LogP contribution in [0.5, 0.6) is 0 Å². The largest absolute Gasteiger partial charge is 0.384 e. The first-order chi connectivity index (χ1) is 9.74. The molecule has 0 aliphatic rings. The number of halogens is 1. The maximum atomic E-state index is 3.48. The third-order valence-electron chi connectivity index (χ3n) is 3.27. The highest BCUT2D eigenvalue weighted by atomic mass is 79.9. The average molecular weight is 333 g/mol. The van der Waals surface area contributed by atoms with Crippen molar-refractivity contribution < 1.29 is 0 Å². The topological polar surface area (TPSA) is 15.3 Å². The van der Waals surface area contributed by atoms with Crippen molar-refractivity contribution in [3.05, 3.63) is 64.6 Å². The number of nitrogens with one attached hydrogen (secondary N) is 1. The van der Waals surface area contributed by atoms with Gasteiger partial charge in [0, 0.05) is 29.8 Å². The molecule has 0 spiro atoms. The van der Waals surface area contributed by atoms with Crippen LogP contribution in [-0.4, -0.2) is 31.6 Å². The molecule has 20 heavy (non-hydrogen) atoms. The lowest BCUT2D eigenvalue weighted by atomic mass is 10.1. The second-order valence-corrected chi connectivity index (χ2v) is 5.89. The molecule has 0 fully saturated rings. The molecule has 2 aromatic carbocycles. The zero-order chi connectivity index (χ0) is 14.2. The maximum Gasteiger partial charge on any atom is 0.0351 e. The monoisotopic (exact) mass is 332 g/mol. The van der Waals surface area contributed by atoms with Crippen LogP contribution in [0.3, 0.4) is 0 Å². The standard InChI is InChI=1S/C17H21BrN2/c1-20(12-10-15-6-3-2-4-7-15)13-11-19-17-9-5-8-16(18)14-17/h2-9,14,19H,10-13H2,1H3. The molecule has 0 aliphatic carbocycles. The fraction of sp³-hybridized carbons (Fsp3) is 0.294. The zero-order valence-electron chi connectivity index (χ0n) is 11.8. The molecule has 0 radical (unpaired) electrons. The Kier molecular flexibility index (Phi) is 6.09. The van der Waals surface area contributed by atoms with E-state index in [9.17, 15) is 0 Å². The number of rotatable bonds is 7. The lowest BCUT2D eigenvalue weighted by molar-refractivity contribution is 0.351. The van der Waals surface area contributed by atoms with Crippen LogP contribution in [0.2, 0.25) is 0 Å². The van der Waals surface area contributed by atoms with Gasteiger partial charge in [0.1, 0.15) is 0 Å². The van der Waals surface area contributed by atoms with Gasteiger partial charge < -0.3 is 10.2 Å². The molecular weight excluding hydrogens is 312 g/mol. The van der Waals surface area contributed by atoms with Gasteiger partial charge in [0.2, 0.25) is 0 Å². The van der Waals surface area contributed by atoms with Crippen LogP contribution in [0.1, 0.15) is 5.56 Å². The first-order valence-corrected chi connectivity index (χ1v) is 7.75. The lowest BCUT2D eigenvalue weighted by Crippen LogP contribution is -2.27. The molecule has 0 saturated heterocycles. The predicted molar refractivity (Wildman–Crippen MR) is 90.3 cm³/mol. The fourth-order valence-corrected chi connectivity index (χ4v) is 2.47. The van der Waals surface area contributed by atoms with Crippen molar-refractivity contribution in [2.75, 3.05) is 32.0 Å². The molecule has 0 aliphatic heterocycles. The number of anilines is 1. The summed E-state index contributed by atoms with van der Waals surface area (Å²) >= 11 is 3.48. The number of hydrogen-bond donors (Lipinski definition) is 1. The van der Waals surface area contributed by atoms with E-state index < -0.39 is 0 Å². The van der Waals surface area contributed by atoms with Gasteiger partial charge in [-0.15, -0.1) is 0 Å². The van der Waals surface area contributed by atoms with Crippen LogP contribution >= 0.6 is 15.9 Å². The Labute approximate surface area is 129 Å². The number of nitrogens with zero attached hydrogens (tertiary/aromatic N) is 1. The average Bonchev–Trinajstić information content (AvgIpc) is 2.46. The van der Waals surface area contributed by atoms with Crippen molar-refractivity contribution in [2.24, 2.45) is 0 Å². The van der Waals surface area contributed by atoms with Crippen molar-refractivity contribution in [1.82, 2.24) is 4.90 Å². The van der Waals surface area contributed by atoms with Gasteiger partial charge in [-0.05, 0) is 37.2 Å². The first kappa shape index (κ1) is 15.1. The van der Waals surface area contributed by atoms with Crippen LogP contribution in [0.15, 0.2) is 59.1 Å². The van der Waals surface area contributed by atoms with E-state index in [-0.39, 0.29) is 0 Å². The quantitative estimate of drug-likeness (QED) is 0.823. The van der Waals surface area contributed by atoms with Gasteiger partial charge in [0.15, 0.2) is 0 Å². The molecule has 3 heteroatoms. The second kappa shape index (κ2) is 8.08. The predicted octanol–water partition coefficient (Wildman–Crippen LogP) is 4.04. The summed E-state index contributed by atoms with van der Waals surface area (Å²) in [7, 11) is 2.17. The Bertz CT molecular complexity index is 513. The van der Waals surface area contributed by atoms with E-state index in [0.717, 1.165) is 36.2 Å². The van der Waals surface area contributed by atoms with Crippen molar-refractivity contribution in [1.29, 1.82) is 0 Å². The third-order valence-corrected chi connectivity index (χ3v) is 3.77. The van der Waals surface area contributed by atoms with Crippen LogP contribution in [0.25, 0.3) is 0 Å². The summed E-state index contributed by atoms with van der Waals surface area (Å²) in [4.78, 5) is 2.36. The third kappa shape index (κ3) is 5.35. The molecule has 0 atom stereocenters. The van der Waals surface area contributed by atoms with Gasteiger partial charge in [0.05, 0.1) is 0 Å². The van der Waals surface area contributed by atoms with Crippen LogP contribution in [0.4, 0.5) is 5.69 Å². The molecule has 0 aromatic heterocycles. The molecule has 1 N–H and O–H groups in total. The van der Waals surface area contributed by atoms with E-state index in [4.69, 9.17) is 0 Å². The summed E-state index contributed by atoms with van der Waals surface area (Å²) in [6.07, 6.45) is 1.11. The van der Waals surface area contributed by atoms with Crippen molar-refractivity contribution in [2.45, 2.75) is 6.42 Å². The Hall–Kier alpha value is -1.32. The maximum absolute atomic E-state index is 3.48. The van der Waals surface area contributed by atoms with Crippen molar-refractivity contribution in [3.63, 3.8) is 0 Å². The van der Waals surface area contributed by atoms with Crippen LogP contribution in [0, 0.1) is 0 Å². The highest BCUT2D eigenvalue weighted by Crippen LogP contribution is 2.15. The summed E-state index contributed by atoms with van der Waals surface area (Å²) in [6.45, 7) is 3.09. The summed E-state index contributed by atoms with van der Waals surface area (Å²) < 4.78 is 1.11. The second-order valence-electron chi connectivity index (χ2n) is 4.98. The van der Waals surface area contributed by atoms with Gasteiger partial charge >= 0.3 is 0 Å². The minimum absolute atomic E-state index is 0.960. The minimum atomic E-state index is 0.960. The fourth-order valence-electron chi connectivity index (χ4n) is 2.07. The van der Waals surface area contributed by atoms with Gasteiger partial charge in [-0.3, -0.25) is 0 Å². The van der Waals surface area contributed by atoms with E-state index in [1.54, 1.807) is 0 Å². The molecule has 0 amide bonds. The molecule has 2 nitrogen and oxygen atoms in total. The highest BCUT2D eigenvalue weighted by molar-refractivity contribution is 9.10. The van der Waals surface area contributed by atoms with E-state index in [0.29, 0.717) is 0 Å². The zero-order valence-corrected chi connectivity index (χ0v) is 13.4.